The topological polar surface area (TPSA) is 190 Å². The Hall–Kier alpha value is -0.440. The predicted molar refractivity (Wildman–Crippen MR) is 68.6 cm³/mol. The van der Waals surface area contributed by atoms with Crippen LogP contribution < -0.4 is 0 Å². The maximum absolute atomic E-state index is 10.00. The Labute approximate surface area is 130 Å². The third-order valence-corrected chi connectivity index (χ3v) is 4.07. The van der Waals surface area contributed by atoms with E-state index in [1.54, 1.807) is 0 Å². The first kappa shape index (κ1) is 18.9. The SMILES string of the molecule is OCC1O[C@H](O[C@]2(CO)OC(CO)[C@H](O)[C@H]2O)C(O)[C@@H](O)[C@@H]1O. The van der Waals surface area contributed by atoms with E-state index in [1.807, 2.05) is 0 Å². The minimum absolute atomic E-state index is 0.669. The summed E-state index contributed by atoms with van der Waals surface area (Å²) < 4.78 is 15.4. The van der Waals surface area contributed by atoms with E-state index in [0.29, 0.717) is 0 Å². The zero-order valence-electron chi connectivity index (χ0n) is 12.0. The number of aliphatic hydroxyl groups excluding tert-OH is 8. The van der Waals surface area contributed by atoms with Crippen LogP contribution in [0.2, 0.25) is 0 Å². The molecule has 23 heavy (non-hydrogen) atoms. The highest BCUT2D eigenvalue weighted by atomic mass is 16.8. The van der Waals surface area contributed by atoms with Crippen molar-refractivity contribution in [1.29, 1.82) is 0 Å². The number of hydrogen-bond acceptors (Lipinski definition) is 11. The Balaban J connectivity index is 2.18. The molecule has 0 aromatic carbocycles. The van der Waals surface area contributed by atoms with Gasteiger partial charge < -0.3 is 55.1 Å². The van der Waals surface area contributed by atoms with E-state index in [9.17, 15) is 30.6 Å². The Morgan fingerprint density at radius 3 is 1.87 bits per heavy atom. The predicted octanol–water partition coefficient (Wildman–Crippen LogP) is -5.40. The third kappa shape index (κ3) is 3.23. The Bertz CT molecular complexity index is 393. The van der Waals surface area contributed by atoms with Crippen LogP contribution in [0.3, 0.4) is 0 Å². The molecule has 2 aliphatic rings. The smallest absolute Gasteiger partial charge is 0.224 e. The van der Waals surface area contributed by atoms with Crippen molar-refractivity contribution in [2.75, 3.05) is 19.8 Å². The van der Waals surface area contributed by atoms with Crippen LogP contribution in [0.4, 0.5) is 0 Å². The fraction of sp³-hybridized carbons (Fsp3) is 1.00. The van der Waals surface area contributed by atoms with Crippen molar-refractivity contribution in [3.05, 3.63) is 0 Å². The molecule has 0 aliphatic carbocycles. The summed E-state index contributed by atoms with van der Waals surface area (Å²) in [6.45, 7) is -2.32. The second-order valence-electron chi connectivity index (χ2n) is 5.56. The van der Waals surface area contributed by atoms with Crippen molar-refractivity contribution in [1.82, 2.24) is 0 Å². The lowest BCUT2D eigenvalue weighted by Crippen LogP contribution is -2.62. The van der Waals surface area contributed by atoms with Crippen molar-refractivity contribution < 1.29 is 55.1 Å². The molecule has 3 unspecified atom stereocenters. The minimum Gasteiger partial charge on any atom is -0.394 e. The van der Waals surface area contributed by atoms with Crippen LogP contribution in [0.1, 0.15) is 0 Å². The summed E-state index contributed by atoms with van der Waals surface area (Å²) in [6, 6.07) is 0. The summed E-state index contributed by atoms with van der Waals surface area (Å²) in [7, 11) is 0. The lowest BCUT2D eigenvalue weighted by atomic mass is 9.99. The molecule has 11 heteroatoms. The molecule has 0 bridgehead atoms. The third-order valence-electron chi connectivity index (χ3n) is 4.07. The Kier molecular flexibility index (Phi) is 5.92. The van der Waals surface area contributed by atoms with Gasteiger partial charge in [0.05, 0.1) is 13.2 Å². The van der Waals surface area contributed by atoms with Gasteiger partial charge in [-0.15, -0.1) is 0 Å². The summed E-state index contributed by atoms with van der Waals surface area (Å²) in [5, 5.41) is 76.7. The van der Waals surface area contributed by atoms with Crippen LogP contribution >= 0.6 is 0 Å². The average Bonchev–Trinajstić information content (AvgIpc) is 2.80. The van der Waals surface area contributed by atoms with Gasteiger partial charge in [0.1, 0.15) is 49.3 Å². The van der Waals surface area contributed by atoms with E-state index in [0.717, 1.165) is 0 Å². The van der Waals surface area contributed by atoms with Crippen molar-refractivity contribution in [2.24, 2.45) is 0 Å². The molecule has 2 heterocycles. The van der Waals surface area contributed by atoms with Crippen LogP contribution in [0.25, 0.3) is 0 Å². The zero-order chi connectivity index (χ0) is 17.4. The molecule has 0 saturated carbocycles. The van der Waals surface area contributed by atoms with E-state index >= 15 is 0 Å². The van der Waals surface area contributed by atoms with Gasteiger partial charge in [-0.25, -0.2) is 0 Å². The van der Waals surface area contributed by atoms with Crippen molar-refractivity contribution >= 4 is 0 Å². The summed E-state index contributed by atoms with van der Waals surface area (Å²) in [5.41, 5.74) is 0. The average molecular weight is 342 g/mol. The molecule has 9 atom stereocenters. The van der Waals surface area contributed by atoms with Gasteiger partial charge in [-0.05, 0) is 0 Å². The normalized spacial score (nSPS) is 51.1. The van der Waals surface area contributed by atoms with E-state index in [2.05, 4.69) is 0 Å². The lowest BCUT2D eigenvalue weighted by molar-refractivity contribution is -0.383. The summed E-state index contributed by atoms with van der Waals surface area (Å²) in [6.07, 6.45) is -12.7. The first-order valence-electron chi connectivity index (χ1n) is 7.05. The number of ether oxygens (including phenoxy) is 3. The maximum atomic E-state index is 10.00. The second-order valence-corrected chi connectivity index (χ2v) is 5.56. The largest absolute Gasteiger partial charge is 0.394 e. The fourth-order valence-corrected chi connectivity index (χ4v) is 2.63. The van der Waals surface area contributed by atoms with Crippen LogP contribution in [0, 0.1) is 0 Å². The molecule has 0 spiro atoms. The van der Waals surface area contributed by atoms with Gasteiger partial charge in [0.15, 0.2) is 6.29 Å². The fourth-order valence-electron chi connectivity index (χ4n) is 2.63. The van der Waals surface area contributed by atoms with Crippen LogP contribution in [-0.4, -0.2) is 115 Å². The molecular formula is C12H22O11. The Morgan fingerprint density at radius 2 is 1.39 bits per heavy atom. The van der Waals surface area contributed by atoms with Gasteiger partial charge in [-0.1, -0.05) is 0 Å². The lowest BCUT2D eigenvalue weighted by Gasteiger charge is -2.43. The summed E-state index contributed by atoms with van der Waals surface area (Å²) in [5.74, 6) is -2.22. The monoisotopic (exact) mass is 342 g/mol. The van der Waals surface area contributed by atoms with Crippen LogP contribution in [-0.2, 0) is 14.2 Å². The molecule has 11 nitrogen and oxygen atoms in total. The molecule has 2 saturated heterocycles. The van der Waals surface area contributed by atoms with Crippen LogP contribution in [0.15, 0.2) is 0 Å². The second kappa shape index (κ2) is 7.21. The molecule has 136 valence electrons. The highest BCUT2D eigenvalue weighted by Gasteiger charge is 2.58. The molecule has 2 aliphatic heterocycles. The van der Waals surface area contributed by atoms with Gasteiger partial charge in [-0.3, -0.25) is 0 Å². The minimum atomic E-state index is -2.22. The van der Waals surface area contributed by atoms with Gasteiger partial charge in [0.25, 0.3) is 0 Å². The maximum Gasteiger partial charge on any atom is 0.224 e. The molecule has 0 amide bonds. The molecule has 2 rings (SSSR count). The van der Waals surface area contributed by atoms with Gasteiger partial charge in [-0.2, -0.15) is 0 Å². The molecule has 0 radical (unpaired) electrons. The standard InChI is InChI=1S/C12H22O11/c13-1-4-6(16)8(18)9(19)11(21-4)23-12(3-15)10(20)7(17)5(2-14)22-12/h4-11,13-20H,1-3H2/t4?,5?,6-,7+,8+,9?,10-,11-,12+/m1/s1. The molecular weight excluding hydrogens is 320 g/mol. The Morgan fingerprint density at radius 1 is 0.783 bits per heavy atom. The van der Waals surface area contributed by atoms with Crippen molar-refractivity contribution in [2.45, 2.75) is 54.8 Å². The molecule has 2 fully saturated rings. The molecule has 8 N–H and O–H groups in total. The summed E-state index contributed by atoms with van der Waals surface area (Å²) in [4.78, 5) is 0. The molecule has 0 aromatic heterocycles. The highest BCUT2D eigenvalue weighted by molar-refractivity contribution is 4.98. The van der Waals surface area contributed by atoms with Gasteiger partial charge >= 0.3 is 0 Å². The van der Waals surface area contributed by atoms with Gasteiger partial charge in [0.2, 0.25) is 5.79 Å². The zero-order valence-corrected chi connectivity index (χ0v) is 12.0. The number of aliphatic hydroxyl groups is 8. The first-order valence-corrected chi connectivity index (χ1v) is 7.05. The molecule has 0 aromatic rings. The number of hydrogen-bond donors (Lipinski definition) is 8. The van der Waals surface area contributed by atoms with Gasteiger partial charge in [0, 0.05) is 0 Å². The van der Waals surface area contributed by atoms with E-state index in [-0.39, 0.29) is 0 Å². The summed E-state index contributed by atoms with van der Waals surface area (Å²) >= 11 is 0. The highest BCUT2D eigenvalue weighted by Crippen LogP contribution is 2.35. The number of rotatable bonds is 5. The quantitative estimate of drug-likeness (QED) is 0.238. The van der Waals surface area contributed by atoms with E-state index in [1.165, 1.54) is 0 Å². The van der Waals surface area contributed by atoms with E-state index in [4.69, 9.17) is 24.4 Å². The van der Waals surface area contributed by atoms with Crippen molar-refractivity contribution in [3.8, 4) is 0 Å². The van der Waals surface area contributed by atoms with Crippen molar-refractivity contribution in [3.63, 3.8) is 0 Å². The van der Waals surface area contributed by atoms with Crippen LogP contribution in [0.5, 0.6) is 0 Å². The van der Waals surface area contributed by atoms with E-state index < -0.39 is 74.6 Å². The first-order chi connectivity index (χ1) is 10.8.